The summed E-state index contributed by atoms with van der Waals surface area (Å²) in [7, 11) is 1.34. The lowest BCUT2D eigenvalue weighted by Gasteiger charge is -2.15. The molecule has 326 valence electrons. The highest BCUT2D eigenvalue weighted by Gasteiger charge is 2.23. The fraction of sp³-hybridized carbons (Fsp3) is 0.0800. The summed E-state index contributed by atoms with van der Waals surface area (Å²) in [5, 5.41) is 12.3. The maximum atomic E-state index is 14.0. The predicted octanol–water partition coefficient (Wildman–Crippen LogP) is 7.88. The maximum Gasteiger partial charge on any atom is 0.339 e. The van der Waals surface area contributed by atoms with Gasteiger partial charge in [0.1, 0.15) is 11.5 Å². The van der Waals surface area contributed by atoms with Crippen molar-refractivity contribution >= 4 is 75.0 Å². The summed E-state index contributed by atoms with van der Waals surface area (Å²) in [6, 6.07) is 31.5. The van der Waals surface area contributed by atoms with E-state index in [4.69, 9.17) is 14.2 Å². The van der Waals surface area contributed by atoms with Crippen LogP contribution in [0.5, 0.6) is 11.5 Å². The molecule has 0 saturated heterocycles. The summed E-state index contributed by atoms with van der Waals surface area (Å²) >= 11 is 0. The Morgan fingerprint density at radius 1 is 0.508 bits per heavy atom. The van der Waals surface area contributed by atoms with Crippen molar-refractivity contribution in [2.45, 2.75) is 6.92 Å². The summed E-state index contributed by atoms with van der Waals surface area (Å²) in [5.74, 6) is -5.37. The average Bonchev–Trinajstić information content (AvgIpc) is 3.32. The molecule has 4 amide bonds. The van der Waals surface area contributed by atoms with Crippen molar-refractivity contribution in [2.24, 2.45) is 0 Å². The van der Waals surface area contributed by atoms with Crippen LogP contribution in [0.1, 0.15) is 67.7 Å². The zero-order valence-electron chi connectivity index (χ0n) is 35.0. The molecule has 0 aliphatic carbocycles. The minimum absolute atomic E-state index is 0.00438. The second-order valence-corrected chi connectivity index (χ2v) is 14.1. The van der Waals surface area contributed by atoms with Crippen molar-refractivity contribution in [1.82, 2.24) is 5.32 Å². The number of esters is 2. The Bertz CT molecular complexity index is 2940. The zero-order chi connectivity index (χ0) is 46.6. The molecular weight excluding hydrogens is 833 g/mol. The Labute approximate surface area is 372 Å². The van der Waals surface area contributed by atoms with Gasteiger partial charge in [0.2, 0.25) is 0 Å². The lowest BCUT2D eigenvalue weighted by Crippen LogP contribution is -2.22. The topological polar surface area (TPSA) is 212 Å². The van der Waals surface area contributed by atoms with Crippen LogP contribution in [-0.4, -0.2) is 67.4 Å². The summed E-state index contributed by atoms with van der Waals surface area (Å²) < 4.78 is 16.1. The van der Waals surface area contributed by atoms with E-state index in [1.165, 1.54) is 61.6 Å². The molecule has 0 fully saturated rings. The van der Waals surface area contributed by atoms with Gasteiger partial charge in [-0.3, -0.25) is 28.8 Å². The lowest BCUT2D eigenvalue weighted by molar-refractivity contribution is -0.118. The molecule has 0 atom stereocenters. The fourth-order valence-electron chi connectivity index (χ4n) is 6.35. The first-order valence-electron chi connectivity index (χ1n) is 19.7. The van der Waals surface area contributed by atoms with Crippen molar-refractivity contribution in [3.8, 4) is 11.5 Å². The molecule has 6 rings (SSSR count). The minimum atomic E-state index is -1.02. The number of nitrogens with one attached hydrogen (secondary N) is 4. The van der Waals surface area contributed by atoms with Crippen LogP contribution in [0, 0.1) is 6.92 Å². The van der Waals surface area contributed by atoms with Crippen LogP contribution >= 0.6 is 0 Å². The molecule has 65 heavy (non-hydrogen) atoms. The molecule has 0 aromatic heterocycles. The van der Waals surface area contributed by atoms with Gasteiger partial charge in [-0.25, -0.2) is 9.59 Å². The smallest absolute Gasteiger partial charge is 0.339 e. The third-order valence-corrected chi connectivity index (χ3v) is 9.60. The van der Waals surface area contributed by atoms with E-state index in [2.05, 4.69) is 34.4 Å². The van der Waals surface area contributed by atoms with Gasteiger partial charge in [0, 0.05) is 46.0 Å². The van der Waals surface area contributed by atoms with Crippen LogP contribution in [0.25, 0.3) is 10.8 Å². The van der Waals surface area contributed by atoms with E-state index < -0.39 is 54.4 Å². The fourth-order valence-corrected chi connectivity index (χ4v) is 6.35. The molecule has 4 N–H and O–H groups in total. The van der Waals surface area contributed by atoms with Crippen molar-refractivity contribution in [2.75, 3.05) is 36.2 Å². The number of amides is 4. The van der Waals surface area contributed by atoms with Crippen LogP contribution in [0.2, 0.25) is 0 Å². The Balaban J connectivity index is 1.24. The number of ether oxygens (including phenoxy) is 3. The van der Waals surface area contributed by atoms with Gasteiger partial charge >= 0.3 is 11.9 Å². The number of benzene rings is 6. The standard InChI is InChI=1S/C50H40N4O11/c1-5-33(55)27-63-49(61)39-19-17-35(25-41(39)47(59)51-4)65-36-18-20-40(50(62)64-28-34(56)6-2)42(26-36)48(60)52-32-14-10-13-31(24-32)46(58)54-44-22-21-43(37-15-7-8-16-38(37)44)53-45(57)30-12-9-11-29(3)23-30/h5-26H,1-2,27-28H2,3-4H3,(H,51,59)(H,52,60)(H,53,57)(H,54,58). The lowest BCUT2D eigenvalue weighted by atomic mass is 10.0. The Morgan fingerprint density at radius 3 is 1.49 bits per heavy atom. The molecule has 6 aromatic rings. The zero-order valence-corrected chi connectivity index (χ0v) is 35.0. The highest BCUT2D eigenvalue weighted by molar-refractivity contribution is 6.16. The van der Waals surface area contributed by atoms with E-state index in [0.29, 0.717) is 27.7 Å². The Morgan fingerprint density at radius 2 is 1.00 bits per heavy atom. The molecule has 0 heterocycles. The highest BCUT2D eigenvalue weighted by atomic mass is 16.5. The van der Waals surface area contributed by atoms with E-state index >= 15 is 0 Å². The third kappa shape index (κ3) is 11.3. The molecular formula is C50H40N4O11. The first-order chi connectivity index (χ1) is 31.3. The SMILES string of the molecule is C=CC(=O)COC(=O)c1ccc(Oc2ccc(C(=O)OCC(=O)C=C)c(C(=O)Nc3cccc(C(=O)Nc4ccc(NC(=O)c5cccc(C)c5)c5ccccc45)c3)c2)cc1C(=O)NC. The van der Waals surface area contributed by atoms with Crippen LogP contribution in [-0.2, 0) is 19.1 Å². The van der Waals surface area contributed by atoms with Crippen LogP contribution < -0.4 is 26.0 Å². The second-order valence-electron chi connectivity index (χ2n) is 14.1. The monoisotopic (exact) mass is 872 g/mol. The molecule has 0 radical (unpaired) electrons. The van der Waals surface area contributed by atoms with Crippen LogP contribution in [0.3, 0.4) is 0 Å². The second kappa shape index (κ2) is 20.7. The summed E-state index contributed by atoms with van der Waals surface area (Å²) in [4.78, 5) is 103. The van der Waals surface area contributed by atoms with E-state index in [1.54, 1.807) is 48.5 Å². The molecule has 0 spiro atoms. The van der Waals surface area contributed by atoms with Crippen molar-refractivity contribution in [3.63, 3.8) is 0 Å². The number of hydrogen-bond donors (Lipinski definition) is 4. The predicted molar refractivity (Wildman–Crippen MR) is 243 cm³/mol. The summed E-state index contributed by atoms with van der Waals surface area (Å²) in [6.45, 7) is 7.36. The van der Waals surface area contributed by atoms with Crippen LogP contribution in [0.4, 0.5) is 17.1 Å². The van der Waals surface area contributed by atoms with Gasteiger partial charge in [0.05, 0.1) is 22.3 Å². The van der Waals surface area contributed by atoms with Crippen molar-refractivity contribution in [3.05, 3.63) is 186 Å². The molecule has 0 aliphatic rings. The maximum absolute atomic E-state index is 14.0. The highest BCUT2D eigenvalue weighted by Crippen LogP contribution is 2.32. The molecule has 0 unspecified atom stereocenters. The number of carbonyl (C=O) groups is 8. The minimum Gasteiger partial charge on any atom is -0.457 e. The average molecular weight is 873 g/mol. The quantitative estimate of drug-likeness (QED) is 0.0511. The van der Waals surface area contributed by atoms with E-state index in [-0.39, 0.29) is 50.9 Å². The summed E-state index contributed by atoms with van der Waals surface area (Å²) in [6.07, 6.45) is 1.97. The number of fused-ring (bicyclic) bond motifs is 1. The molecule has 0 bridgehead atoms. The normalized spacial score (nSPS) is 10.4. The number of aryl methyl sites for hydroxylation is 1. The third-order valence-electron chi connectivity index (χ3n) is 9.60. The summed E-state index contributed by atoms with van der Waals surface area (Å²) in [5.41, 5.74) is 1.95. The van der Waals surface area contributed by atoms with E-state index in [9.17, 15) is 38.4 Å². The first kappa shape index (κ1) is 45.5. The number of anilines is 3. The number of carbonyl (C=O) groups excluding carboxylic acids is 8. The number of rotatable bonds is 17. The van der Waals surface area contributed by atoms with Crippen molar-refractivity contribution < 1.29 is 52.6 Å². The Kier molecular flexibility index (Phi) is 14.5. The van der Waals surface area contributed by atoms with E-state index in [1.807, 2.05) is 25.1 Å². The van der Waals surface area contributed by atoms with Gasteiger partial charge in [0.25, 0.3) is 23.6 Å². The molecule has 0 aliphatic heterocycles. The first-order valence-corrected chi connectivity index (χ1v) is 19.7. The van der Waals surface area contributed by atoms with Gasteiger partial charge in [-0.1, -0.05) is 61.2 Å². The van der Waals surface area contributed by atoms with Gasteiger partial charge < -0.3 is 35.5 Å². The van der Waals surface area contributed by atoms with Gasteiger partial charge in [0.15, 0.2) is 24.8 Å². The molecule has 0 saturated carbocycles. The number of hydrogen-bond acceptors (Lipinski definition) is 11. The van der Waals surface area contributed by atoms with E-state index in [0.717, 1.165) is 17.7 Å². The van der Waals surface area contributed by atoms with Crippen molar-refractivity contribution in [1.29, 1.82) is 0 Å². The number of ketones is 2. The van der Waals surface area contributed by atoms with Crippen LogP contribution in [0.15, 0.2) is 147 Å². The van der Waals surface area contributed by atoms with Gasteiger partial charge in [-0.05, 0) is 97.9 Å². The van der Waals surface area contributed by atoms with Gasteiger partial charge in [-0.15, -0.1) is 0 Å². The van der Waals surface area contributed by atoms with Gasteiger partial charge in [-0.2, -0.15) is 0 Å². The Hall–Kier alpha value is -8.98. The molecule has 15 nitrogen and oxygen atoms in total. The molecule has 15 heteroatoms. The molecule has 6 aromatic carbocycles. The largest absolute Gasteiger partial charge is 0.457 e.